The summed E-state index contributed by atoms with van der Waals surface area (Å²) in [6, 6.07) is 5.09. The minimum Gasteiger partial charge on any atom is -0.494 e. The minimum absolute atomic E-state index is 0.335. The molecule has 1 atom stereocenters. The van der Waals surface area contributed by atoms with Crippen molar-refractivity contribution in [1.29, 1.82) is 0 Å². The zero-order valence-electron chi connectivity index (χ0n) is 11.3. The molecule has 0 N–H and O–H groups in total. The number of hydroxylamine groups is 1. The van der Waals surface area contributed by atoms with Crippen LogP contribution in [0, 0.1) is 6.92 Å². The van der Waals surface area contributed by atoms with E-state index in [1.165, 1.54) is 11.3 Å². The van der Waals surface area contributed by atoms with Crippen LogP contribution in [-0.2, 0) is 14.4 Å². The molecule has 0 bridgehead atoms. The van der Waals surface area contributed by atoms with Gasteiger partial charge in [-0.3, -0.25) is 0 Å². The largest absolute Gasteiger partial charge is 0.494 e. The predicted octanol–water partition coefficient (Wildman–Crippen LogP) is 2.20. The van der Waals surface area contributed by atoms with Crippen LogP contribution in [-0.4, -0.2) is 25.7 Å². The molecule has 1 aliphatic rings. The summed E-state index contributed by atoms with van der Waals surface area (Å²) in [7, 11) is 1.58. The number of rotatable bonds is 4. The number of methoxy groups -OCH3 is 1. The van der Waals surface area contributed by atoms with Gasteiger partial charge >= 0.3 is 5.97 Å². The van der Waals surface area contributed by atoms with Crippen molar-refractivity contribution in [3.63, 3.8) is 0 Å². The number of benzene rings is 1. The lowest BCUT2D eigenvalue weighted by Gasteiger charge is -2.24. The number of anilines is 1. The molecular formula is C14H17NO4. The fourth-order valence-electron chi connectivity index (χ4n) is 1.90. The van der Waals surface area contributed by atoms with Crippen LogP contribution in [0.1, 0.15) is 12.5 Å². The molecule has 0 spiro atoms. The fourth-order valence-corrected chi connectivity index (χ4v) is 1.90. The van der Waals surface area contributed by atoms with E-state index >= 15 is 0 Å². The van der Waals surface area contributed by atoms with E-state index in [0.717, 1.165) is 5.56 Å². The summed E-state index contributed by atoms with van der Waals surface area (Å²) in [5.41, 5.74) is 1.75. The number of nitrogens with zero attached hydrogens (tertiary/aromatic N) is 1. The van der Waals surface area contributed by atoms with Gasteiger partial charge in [-0.1, -0.05) is 6.07 Å². The highest BCUT2D eigenvalue weighted by molar-refractivity contribution is 5.83. The number of hydrogen-bond acceptors (Lipinski definition) is 5. The predicted molar refractivity (Wildman–Crippen MR) is 70.9 cm³/mol. The minimum atomic E-state index is -0.587. The van der Waals surface area contributed by atoms with Crippen LogP contribution >= 0.6 is 0 Å². The second-order valence-corrected chi connectivity index (χ2v) is 4.13. The van der Waals surface area contributed by atoms with Gasteiger partial charge in [0.2, 0.25) is 0 Å². The smallest absolute Gasteiger partial charge is 0.336 e. The maximum atomic E-state index is 11.9. The van der Waals surface area contributed by atoms with Crippen molar-refractivity contribution in [1.82, 2.24) is 0 Å². The third kappa shape index (κ3) is 2.65. The first-order chi connectivity index (χ1) is 9.17. The van der Waals surface area contributed by atoms with Crippen LogP contribution in [0.2, 0.25) is 0 Å². The zero-order valence-corrected chi connectivity index (χ0v) is 11.3. The van der Waals surface area contributed by atoms with Crippen LogP contribution in [0.5, 0.6) is 5.75 Å². The zero-order chi connectivity index (χ0) is 13.8. The maximum absolute atomic E-state index is 11.9. The quantitative estimate of drug-likeness (QED) is 0.779. The lowest BCUT2D eigenvalue weighted by molar-refractivity contribution is -0.144. The number of carbonyl (C=O) groups is 1. The van der Waals surface area contributed by atoms with E-state index in [0.29, 0.717) is 18.0 Å². The normalized spacial score (nSPS) is 17.2. The van der Waals surface area contributed by atoms with Crippen molar-refractivity contribution in [2.45, 2.75) is 19.9 Å². The Balaban J connectivity index is 2.30. The molecule has 0 aliphatic carbocycles. The van der Waals surface area contributed by atoms with E-state index in [9.17, 15) is 4.79 Å². The molecule has 0 radical (unpaired) electrons. The Kier molecular flexibility index (Phi) is 3.94. The van der Waals surface area contributed by atoms with Crippen LogP contribution in [0.15, 0.2) is 30.5 Å². The molecule has 5 heteroatoms. The van der Waals surface area contributed by atoms with E-state index in [-0.39, 0.29) is 5.97 Å². The monoisotopic (exact) mass is 263 g/mol. The van der Waals surface area contributed by atoms with Crippen LogP contribution in [0.3, 0.4) is 0 Å². The topological polar surface area (TPSA) is 48.0 Å². The Morgan fingerprint density at radius 2 is 2.26 bits per heavy atom. The highest BCUT2D eigenvalue weighted by Gasteiger charge is 2.32. The number of aryl methyl sites for hydroxylation is 1. The van der Waals surface area contributed by atoms with Crippen molar-refractivity contribution in [3.05, 3.63) is 36.1 Å². The lowest BCUT2D eigenvalue weighted by Crippen LogP contribution is -2.37. The van der Waals surface area contributed by atoms with Gasteiger partial charge in [0, 0.05) is 0 Å². The molecule has 0 saturated heterocycles. The van der Waals surface area contributed by atoms with Gasteiger partial charge in [-0.15, -0.1) is 0 Å². The summed E-state index contributed by atoms with van der Waals surface area (Å²) < 4.78 is 10.3. The van der Waals surface area contributed by atoms with Gasteiger partial charge in [0.05, 0.1) is 13.7 Å². The van der Waals surface area contributed by atoms with Crippen LogP contribution in [0.25, 0.3) is 0 Å². The number of hydrogen-bond donors (Lipinski definition) is 0. The molecule has 1 aromatic carbocycles. The fraction of sp³-hybridized carbons (Fsp3) is 0.357. The third-order valence-corrected chi connectivity index (χ3v) is 2.79. The van der Waals surface area contributed by atoms with E-state index in [4.69, 9.17) is 14.3 Å². The summed E-state index contributed by atoms with van der Waals surface area (Å²) in [6.07, 6.45) is 3.13. The van der Waals surface area contributed by atoms with Gasteiger partial charge in [0.15, 0.2) is 6.04 Å². The second-order valence-electron chi connectivity index (χ2n) is 4.13. The number of carbonyl (C=O) groups excluding carboxylic acids is 1. The Morgan fingerprint density at radius 3 is 2.95 bits per heavy atom. The molecule has 1 aliphatic heterocycles. The molecule has 19 heavy (non-hydrogen) atoms. The van der Waals surface area contributed by atoms with Crippen molar-refractivity contribution in [2.24, 2.45) is 0 Å². The summed E-state index contributed by atoms with van der Waals surface area (Å²) in [6.45, 7) is 4.07. The highest BCUT2D eigenvalue weighted by atomic mass is 16.7. The molecule has 1 aromatic rings. The Morgan fingerprint density at radius 1 is 1.47 bits per heavy atom. The Labute approximate surface area is 112 Å². The van der Waals surface area contributed by atoms with Crippen LogP contribution < -0.4 is 9.80 Å². The summed E-state index contributed by atoms with van der Waals surface area (Å²) in [4.78, 5) is 17.3. The van der Waals surface area contributed by atoms with E-state index in [1.54, 1.807) is 20.1 Å². The van der Waals surface area contributed by atoms with E-state index < -0.39 is 6.04 Å². The average Bonchev–Trinajstić information content (AvgIpc) is 2.88. The Hall–Kier alpha value is -2.17. The van der Waals surface area contributed by atoms with Crippen molar-refractivity contribution < 1.29 is 19.1 Å². The molecule has 1 unspecified atom stereocenters. The van der Waals surface area contributed by atoms with Crippen LogP contribution in [0.4, 0.5) is 5.69 Å². The van der Waals surface area contributed by atoms with Gasteiger partial charge in [0.25, 0.3) is 0 Å². The van der Waals surface area contributed by atoms with Gasteiger partial charge in [-0.2, -0.15) is 5.06 Å². The van der Waals surface area contributed by atoms with Gasteiger partial charge in [0.1, 0.15) is 17.7 Å². The molecule has 0 fully saturated rings. The number of esters is 1. The van der Waals surface area contributed by atoms with Crippen molar-refractivity contribution in [3.8, 4) is 5.75 Å². The van der Waals surface area contributed by atoms with Crippen molar-refractivity contribution in [2.75, 3.05) is 18.8 Å². The summed E-state index contributed by atoms with van der Waals surface area (Å²) in [5, 5.41) is 1.49. The molecule has 0 saturated carbocycles. The first-order valence-corrected chi connectivity index (χ1v) is 6.11. The second kappa shape index (κ2) is 5.65. The van der Waals surface area contributed by atoms with E-state index in [1.807, 2.05) is 25.1 Å². The van der Waals surface area contributed by atoms with Gasteiger partial charge < -0.3 is 14.3 Å². The molecule has 102 valence electrons. The standard InChI is InChI=1S/C14H17NO4/c1-4-18-14(16)11-7-8-19-15(11)12-9-10(2)5-6-13(12)17-3/h5-9,11H,4H2,1-3H3. The Bertz CT molecular complexity index is 498. The highest BCUT2D eigenvalue weighted by Crippen LogP contribution is 2.33. The van der Waals surface area contributed by atoms with Gasteiger partial charge in [-0.05, 0) is 37.6 Å². The van der Waals surface area contributed by atoms with E-state index in [2.05, 4.69) is 0 Å². The molecule has 1 heterocycles. The van der Waals surface area contributed by atoms with Crippen molar-refractivity contribution >= 4 is 11.7 Å². The third-order valence-electron chi connectivity index (χ3n) is 2.79. The first-order valence-electron chi connectivity index (χ1n) is 6.11. The summed E-state index contributed by atoms with van der Waals surface area (Å²) >= 11 is 0. The maximum Gasteiger partial charge on any atom is 0.336 e. The molecule has 2 rings (SSSR count). The molecule has 0 amide bonds. The van der Waals surface area contributed by atoms with Gasteiger partial charge in [-0.25, -0.2) is 4.79 Å². The number of ether oxygens (including phenoxy) is 2. The molecular weight excluding hydrogens is 246 g/mol. The lowest BCUT2D eigenvalue weighted by atomic mass is 10.2. The first kappa shape index (κ1) is 13.3. The molecule has 0 aromatic heterocycles. The SMILES string of the molecule is CCOC(=O)C1C=CON1c1cc(C)ccc1OC. The average molecular weight is 263 g/mol. The molecule has 5 nitrogen and oxygen atoms in total. The summed E-state index contributed by atoms with van der Waals surface area (Å²) in [5.74, 6) is 0.295.